The number of aromatic nitrogens is 5. The molecule has 0 fully saturated rings. The van der Waals surface area contributed by atoms with Crippen LogP contribution in [0.2, 0.25) is 0 Å². The molecule has 5 nitrogen and oxygen atoms in total. The van der Waals surface area contributed by atoms with Crippen molar-refractivity contribution >= 4 is 0 Å². The molecule has 0 aromatic carbocycles. The normalized spacial score (nSPS) is 11.1. The standard InChI is InChI=1S/C9H13N5/c1-7(2)5-14-6-11-13-9(14)8-3-4-10-12-8/h3-4,6-7H,5H2,1-2H3,(H,10,12). The van der Waals surface area contributed by atoms with E-state index in [4.69, 9.17) is 0 Å². The molecule has 1 N–H and O–H groups in total. The molecule has 5 heteroatoms. The third-order valence-electron chi connectivity index (χ3n) is 1.92. The number of rotatable bonds is 3. The van der Waals surface area contributed by atoms with Crippen LogP contribution in [0.3, 0.4) is 0 Å². The fraction of sp³-hybridized carbons (Fsp3) is 0.444. The highest BCUT2D eigenvalue weighted by Gasteiger charge is 2.08. The molecule has 2 aromatic heterocycles. The Morgan fingerprint density at radius 2 is 2.36 bits per heavy atom. The molecule has 0 atom stereocenters. The molecule has 74 valence electrons. The quantitative estimate of drug-likeness (QED) is 0.796. The summed E-state index contributed by atoms with van der Waals surface area (Å²) in [6.45, 7) is 5.24. The molecule has 0 unspecified atom stereocenters. The maximum atomic E-state index is 4.05. The number of aromatic amines is 1. The van der Waals surface area contributed by atoms with Crippen LogP contribution in [0.5, 0.6) is 0 Å². The first-order chi connectivity index (χ1) is 6.77. The Morgan fingerprint density at radius 1 is 1.50 bits per heavy atom. The summed E-state index contributed by atoms with van der Waals surface area (Å²) >= 11 is 0. The average molecular weight is 191 g/mol. The van der Waals surface area contributed by atoms with Gasteiger partial charge in [-0.05, 0) is 12.0 Å². The second kappa shape index (κ2) is 3.61. The van der Waals surface area contributed by atoms with Gasteiger partial charge in [-0.3, -0.25) is 5.10 Å². The molecule has 0 saturated carbocycles. The molecule has 0 aliphatic rings. The molecule has 0 aliphatic carbocycles. The van der Waals surface area contributed by atoms with Crippen molar-refractivity contribution in [2.24, 2.45) is 5.92 Å². The van der Waals surface area contributed by atoms with Crippen LogP contribution < -0.4 is 0 Å². The first kappa shape index (κ1) is 8.93. The van der Waals surface area contributed by atoms with Crippen molar-refractivity contribution in [2.45, 2.75) is 20.4 Å². The summed E-state index contributed by atoms with van der Waals surface area (Å²) < 4.78 is 2.03. The molecule has 2 rings (SSSR count). The van der Waals surface area contributed by atoms with Gasteiger partial charge in [-0.2, -0.15) is 5.10 Å². The molecule has 0 amide bonds. The lowest BCUT2D eigenvalue weighted by molar-refractivity contribution is 0.525. The molecule has 14 heavy (non-hydrogen) atoms. The van der Waals surface area contributed by atoms with Gasteiger partial charge in [0.25, 0.3) is 0 Å². The summed E-state index contributed by atoms with van der Waals surface area (Å²) in [5, 5.41) is 14.7. The maximum absolute atomic E-state index is 4.05. The zero-order chi connectivity index (χ0) is 9.97. The predicted octanol–water partition coefficient (Wildman–Crippen LogP) is 1.32. The Hall–Kier alpha value is -1.65. The predicted molar refractivity (Wildman–Crippen MR) is 52.4 cm³/mol. The van der Waals surface area contributed by atoms with Gasteiger partial charge in [-0.25, -0.2) is 0 Å². The van der Waals surface area contributed by atoms with E-state index in [9.17, 15) is 0 Å². The molecule has 0 saturated heterocycles. The Bertz CT molecular complexity index is 387. The van der Waals surface area contributed by atoms with Gasteiger partial charge >= 0.3 is 0 Å². The number of hydrogen-bond donors (Lipinski definition) is 1. The molecule has 0 spiro atoms. The molecule has 0 bridgehead atoms. The molecule has 0 radical (unpaired) electrons. The van der Waals surface area contributed by atoms with E-state index in [0.29, 0.717) is 5.92 Å². The fourth-order valence-corrected chi connectivity index (χ4v) is 1.37. The van der Waals surface area contributed by atoms with E-state index < -0.39 is 0 Å². The van der Waals surface area contributed by atoms with E-state index in [-0.39, 0.29) is 0 Å². The summed E-state index contributed by atoms with van der Waals surface area (Å²) in [6.07, 6.45) is 3.46. The van der Waals surface area contributed by atoms with E-state index in [2.05, 4.69) is 34.2 Å². The first-order valence-corrected chi connectivity index (χ1v) is 4.65. The summed E-state index contributed by atoms with van der Waals surface area (Å²) in [4.78, 5) is 0. The van der Waals surface area contributed by atoms with E-state index >= 15 is 0 Å². The highest BCUT2D eigenvalue weighted by Crippen LogP contribution is 2.13. The van der Waals surface area contributed by atoms with Crippen LogP contribution in [0.1, 0.15) is 13.8 Å². The minimum absolute atomic E-state index is 0.577. The van der Waals surface area contributed by atoms with Crippen LogP contribution in [0.25, 0.3) is 11.5 Å². The van der Waals surface area contributed by atoms with Gasteiger partial charge in [-0.1, -0.05) is 13.8 Å². The van der Waals surface area contributed by atoms with Crippen LogP contribution in [0.4, 0.5) is 0 Å². The van der Waals surface area contributed by atoms with Crippen molar-refractivity contribution in [3.05, 3.63) is 18.6 Å². The smallest absolute Gasteiger partial charge is 0.181 e. The Kier molecular flexibility index (Phi) is 2.30. The zero-order valence-electron chi connectivity index (χ0n) is 8.31. The average Bonchev–Trinajstić information content (AvgIpc) is 2.70. The minimum Gasteiger partial charge on any atom is -0.312 e. The zero-order valence-corrected chi connectivity index (χ0v) is 8.31. The lowest BCUT2D eigenvalue weighted by Gasteiger charge is -2.07. The topological polar surface area (TPSA) is 59.4 Å². The first-order valence-electron chi connectivity index (χ1n) is 4.65. The van der Waals surface area contributed by atoms with Crippen LogP contribution in [-0.4, -0.2) is 25.0 Å². The van der Waals surface area contributed by atoms with Crippen molar-refractivity contribution < 1.29 is 0 Å². The van der Waals surface area contributed by atoms with Crippen LogP contribution in [0.15, 0.2) is 18.6 Å². The maximum Gasteiger partial charge on any atom is 0.181 e. The molecule has 0 aliphatic heterocycles. The van der Waals surface area contributed by atoms with Crippen LogP contribution in [0, 0.1) is 5.92 Å². The number of H-pyrrole nitrogens is 1. The van der Waals surface area contributed by atoms with Gasteiger partial charge in [0, 0.05) is 12.7 Å². The van der Waals surface area contributed by atoms with Crippen LogP contribution in [-0.2, 0) is 6.54 Å². The second-order valence-electron chi connectivity index (χ2n) is 3.67. The fourth-order valence-electron chi connectivity index (χ4n) is 1.37. The van der Waals surface area contributed by atoms with Crippen LogP contribution >= 0.6 is 0 Å². The Balaban J connectivity index is 2.30. The largest absolute Gasteiger partial charge is 0.312 e. The highest BCUT2D eigenvalue weighted by atomic mass is 15.3. The van der Waals surface area contributed by atoms with Crippen molar-refractivity contribution in [1.29, 1.82) is 0 Å². The second-order valence-corrected chi connectivity index (χ2v) is 3.67. The highest BCUT2D eigenvalue weighted by molar-refractivity contribution is 5.47. The van der Waals surface area contributed by atoms with Gasteiger partial charge in [0.1, 0.15) is 12.0 Å². The summed E-state index contributed by atoms with van der Waals surface area (Å²) in [5.74, 6) is 1.42. The van der Waals surface area contributed by atoms with Gasteiger partial charge in [0.2, 0.25) is 0 Å². The van der Waals surface area contributed by atoms with Crippen molar-refractivity contribution in [2.75, 3.05) is 0 Å². The molecular formula is C9H13N5. The van der Waals surface area contributed by atoms with E-state index in [0.717, 1.165) is 18.1 Å². The van der Waals surface area contributed by atoms with Crippen molar-refractivity contribution in [3.63, 3.8) is 0 Å². The van der Waals surface area contributed by atoms with E-state index in [1.54, 1.807) is 12.5 Å². The minimum atomic E-state index is 0.577. The SMILES string of the molecule is CC(C)Cn1cnnc1-c1ccn[nH]1. The number of hydrogen-bond acceptors (Lipinski definition) is 3. The van der Waals surface area contributed by atoms with Gasteiger partial charge < -0.3 is 4.57 Å². The Labute approximate surface area is 82.2 Å². The van der Waals surface area contributed by atoms with Gasteiger partial charge in [-0.15, -0.1) is 10.2 Å². The summed E-state index contributed by atoms with van der Waals surface area (Å²) in [5.41, 5.74) is 0.906. The number of nitrogens with zero attached hydrogens (tertiary/aromatic N) is 4. The lowest BCUT2D eigenvalue weighted by Crippen LogP contribution is -2.05. The molecule has 2 aromatic rings. The van der Waals surface area contributed by atoms with Gasteiger partial charge in [0.15, 0.2) is 5.82 Å². The summed E-state index contributed by atoms with van der Waals surface area (Å²) in [6, 6.07) is 1.89. The van der Waals surface area contributed by atoms with E-state index in [1.807, 2.05) is 10.6 Å². The lowest BCUT2D eigenvalue weighted by atomic mass is 10.2. The third kappa shape index (κ3) is 1.66. The van der Waals surface area contributed by atoms with Crippen molar-refractivity contribution in [1.82, 2.24) is 25.0 Å². The molecular weight excluding hydrogens is 178 g/mol. The third-order valence-corrected chi connectivity index (χ3v) is 1.92. The van der Waals surface area contributed by atoms with E-state index in [1.165, 1.54) is 0 Å². The Morgan fingerprint density at radius 3 is 3.00 bits per heavy atom. The summed E-state index contributed by atoms with van der Waals surface area (Å²) in [7, 11) is 0. The van der Waals surface area contributed by atoms with Crippen molar-refractivity contribution in [3.8, 4) is 11.5 Å². The monoisotopic (exact) mass is 191 g/mol. The molecule has 2 heterocycles. The van der Waals surface area contributed by atoms with Gasteiger partial charge in [0.05, 0.1) is 0 Å². The number of nitrogens with one attached hydrogen (secondary N) is 1.